The van der Waals surface area contributed by atoms with E-state index in [1.165, 1.54) is 0 Å². The largest absolute Gasteiger partial charge is 0.396 e. The molecule has 0 saturated carbocycles. The molecule has 0 aromatic rings. The number of methoxy groups -OCH3 is 1. The Morgan fingerprint density at radius 3 is 3.00 bits per heavy atom. The highest BCUT2D eigenvalue weighted by molar-refractivity contribution is 5.27. The minimum Gasteiger partial charge on any atom is -0.396 e. The first-order valence-corrected chi connectivity index (χ1v) is 4.46. The van der Waals surface area contributed by atoms with E-state index < -0.39 is 0 Å². The van der Waals surface area contributed by atoms with Crippen LogP contribution in [0.5, 0.6) is 0 Å². The summed E-state index contributed by atoms with van der Waals surface area (Å²) in [6, 6.07) is 1.17. The Bertz CT molecular complexity index is 193. The third-order valence-electron chi connectivity index (χ3n) is 2.71. The molecule has 1 fully saturated rings. The van der Waals surface area contributed by atoms with E-state index in [1.807, 2.05) is 0 Å². The number of ether oxygens (including phenoxy) is 1. The zero-order chi connectivity index (χ0) is 8.55. The van der Waals surface area contributed by atoms with Crippen LogP contribution in [-0.2, 0) is 4.74 Å². The van der Waals surface area contributed by atoms with Crippen molar-refractivity contribution in [1.29, 1.82) is 0 Å². The Morgan fingerprint density at radius 2 is 2.33 bits per heavy atom. The lowest BCUT2D eigenvalue weighted by atomic mass is 10.3. The number of aliphatic hydroxyl groups is 1. The zero-order valence-electron chi connectivity index (χ0n) is 7.31. The summed E-state index contributed by atoms with van der Waals surface area (Å²) in [5, 5.41) is 8.65. The Labute approximate surface area is 72.6 Å². The molecule has 12 heavy (non-hydrogen) atoms. The number of nitrogens with zero attached hydrogens (tertiary/aromatic N) is 1. The van der Waals surface area contributed by atoms with Crippen molar-refractivity contribution < 1.29 is 9.84 Å². The Hall–Kier alpha value is -0.380. The number of hydrogen-bond donors (Lipinski definition) is 1. The van der Waals surface area contributed by atoms with Gasteiger partial charge in [0.05, 0.1) is 12.1 Å². The first-order chi connectivity index (χ1) is 5.88. The van der Waals surface area contributed by atoms with Crippen LogP contribution in [0.2, 0.25) is 0 Å². The second-order valence-electron chi connectivity index (χ2n) is 3.38. The Morgan fingerprint density at radius 1 is 1.50 bits per heavy atom. The van der Waals surface area contributed by atoms with Gasteiger partial charge in [-0.05, 0) is 6.42 Å². The van der Waals surface area contributed by atoms with Crippen molar-refractivity contribution in [3.05, 3.63) is 12.2 Å². The van der Waals surface area contributed by atoms with Crippen molar-refractivity contribution in [3.63, 3.8) is 0 Å². The lowest BCUT2D eigenvalue weighted by Gasteiger charge is -2.09. The van der Waals surface area contributed by atoms with E-state index in [9.17, 15) is 0 Å². The van der Waals surface area contributed by atoms with Gasteiger partial charge in [-0.15, -0.1) is 0 Å². The van der Waals surface area contributed by atoms with Crippen molar-refractivity contribution in [1.82, 2.24) is 4.90 Å². The molecule has 1 N–H and O–H groups in total. The number of aliphatic hydroxyl groups excluding tert-OH is 1. The molecule has 1 saturated heterocycles. The minimum atomic E-state index is 0.286. The zero-order valence-corrected chi connectivity index (χ0v) is 7.31. The summed E-state index contributed by atoms with van der Waals surface area (Å²) in [7, 11) is 1.75. The Kier molecular flexibility index (Phi) is 2.17. The minimum absolute atomic E-state index is 0.286. The van der Waals surface area contributed by atoms with Crippen LogP contribution in [0.4, 0.5) is 0 Å². The molecular weight excluding hydrogens is 154 g/mol. The summed E-state index contributed by atoms with van der Waals surface area (Å²) in [4.78, 5) is 2.37. The smallest absolute Gasteiger partial charge is 0.0926 e. The second-order valence-corrected chi connectivity index (χ2v) is 3.38. The molecule has 3 nitrogen and oxygen atoms in total. The highest BCUT2D eigenvalue weighted by atomic mass is 16.5. The summed E-state index contributed by atoms with van der Waals surface area (Å²) in [6.07, 6.45) is 5.49. The molecule has 0 spiro atoms. The number of hydrogen-bond acceptors (Lipinski definition) is 3. The van der Waals surface area contributed by atoms with Crippen LogP contribution in [0, 0.1) is 0 Å². The standard InChI is InChI=1S/C9H15NO2/c1-12-8-4-3-7-9(8)10(7)5-2-6-11/h3-4,7-9,11H,2,5-6H2,1H3/t7-,8-,9-,10?/m0/s1. The molecule has 0 radical (unpaired) electrons. The van der Waals surface area contributed by atoms with Crippen molar-refractivity contribution in [3.8, 4) is 0 Å². The maximum Gasteiger partial charge on any atom is 0.0926 e. The average molecular weight is 169 g/mol. The van der Waals surface area contributed by atoms with Crippen molar-refractivity contribution >= 4 is 0 Å². The fourth-order valence-electron chi connectivity index (χ4n) is 2.03. The average Bonchev–Trinajstić information content (AvgIpc) is 2.59. The second kappa shape index (κ2) is 3.17. The molecule has 2 aliphatic rings. The SMILES string of the molecule is CO[C@H]1C=C[C@H]2[C@@H]1N2CCCO. The summed E-state index contributed by atoms with van der Waals surface area (Å²) in [5.41, 5.74) is 0. The van der Waals surface area contributed by atoms with Crippen molar-refractivity contribution in [2.75, 3.05) is 20.3 Å². The first-order valence-electron chi connectivity index (χ1n) is 4.46. The van der Waals surface area contributed by atoms with Gasteiger partial charge in [0.25, 0.3) is 0 Å². The van der Waals surface area contributed by atoms with E-state index in [4.69, 9.17) is 9.84 Å². The van der Waals surface area contributed by atoms with Gasteiger partial charge in [0, 0.05) is 26.3 Å². The summed E-state index contributed by atoms with van der Waals surface area (Å²) >= 11 is 0. The predicted molar refractivity (Wildman–Crippen MR) is 45.9 cm³/mol. The number of fused-ring (bicyclic) bond motifs is 1. The van der Waals surface area contributed by atoms with Gasteiger partial charge in [-0.1, -0.05) is 12.2 Å². The molecule has 1 aliphatic heterocycles. The topological polar surface area (TPSA) is 32.5 Å². The van der Waals surface area contributed by atoms with Crippen molar-refractivity contribution in [2.24, 2.45) is 0 Å². The van der Waals surface area contributed by atoms with Gasteiger partial charge in [-0.2, -0.15) is 0 Å². The van der Waals surface area contributed by atoms with Crippen LogP contribution in [0.25, 0.3) is 0 Å². The van der Waals surface area contributed by atoms with Gasteiger partial charge in [0.1, 0.15) is 0 Å². The summed E-state index contributed by atoms with van der Waals surface area (Å²) < 4.78 is 5.28. The van der Waals surface area contributed by atoms with Gasteiger partial charge in [-0.25, -0.2) is 0 Å². The predicted octanol–water partition coefficient (Wildman–Crippen LogP) is 0.00640. The van der Waals surface area contributed by atoms with Crippen LogP contribution in [0.15, 0.2) is 12.2 Å². The quantitative estimate of drug-likeness (QED) is 0.475. The van der Waals surface area contributed by atoms with E-state index >= 15 is 0 Å². The fraction of sp³-hybridized carbons (Fsp3) is 0.778. The van der Waals surface area contributed by atoms with Gasteiger partial charge < -0.3 is 9.84 Å². The molecule has 68 valence electrons. The third-order valence-corrected chi connectivity index (χ3v) is 2.71. The first kappa shape index (κ1) is 8.23. The molecule has 1 unspecified atom stereocenters. The molecule has 2 rings (SSSR count). The highest BCUT2D eigenvalue weighted by Gasteiger charge is 2.52. The molecule has 1 heterocycles. The third kappa shape index (κ3) is 1.18. The van der Waals surface area contributed by atoms with E-state index in [2.05, 4.69) is 17.1 Å². The van der Waals surface area contributed by atoms with E-state index in [0.717, 1.165) is 13.0 Å². The normalized spacial score (nSPS) is 43.2. The molecule has 0 amide bonds. The van der Waals surface area contributed by atoms with Crippen LogP contribution < -0.4 is 0 Å². The molecular formula is C9H15NO2. The van der Waals surface area contributed by atoms with Crippen LogP contribution in [-0.4, -0.2) is 48.5 Å². The molecule has 0 aromatic heterocycles. The van der Waals surface area contributed by atoms with Gasteiger partial charge >= 0.3 is 0 Å². The maximum absolute atomic E-state index is 8.65. The molecule has 0 bridgehead atoms. The van der Waals surface area contributed by atoms with Crippen LogP contribution in [0.3, 0.4) is 0 Å². The van der Waals surface area contributed by atoms with Crippen LogP contribution in [0.1, 0.15) is 6.42 Å². The van der Waals surface area contributed by atoms with Crippen LogP contribution >= 0.6 is 0 Å². The monoisotopic (exact) mass is 169 g/mol. The Balaban J connectivity index is 1.81. The van der Waals surface area contributed by atoms with Gasteiger partial charge in [0.15, 0.2) is 0 Å². The molecule has 1 aliphatic carbocycles. The summed E-state index contributed by atoms with van der Waals surface area (Å²) in [6.45, 7) is 1.29. The van der Waals surface area contributed by atoms with E-state index in [1.54, 1.807) is 7.11 Å². The fourth-order valence-corrected chi connectivity index (χ4v) is 2.03. The van der Waals surface area contributed by atoms with Gasteiger partial charge in [0.2, 0.25) is 0 Å². The highest BCUT2D eigenvalue weighted by Crippen LogP contribution is 2.38. The van der Waals surface area contributed by atoms with E-state index in [-0.39, 0.29) is 12.7 Å². The molecule has 3 heteroatoms. The molecule has 0 aromatic carbocycles. The summed E-state index contributed by atoms with van der Waals surface area (Å²) in [5.74, 6) is 0. The van der Waals surface area contributed by atoms with Crippen molar-refractivity contribution in [2.45, 2.75) is 24.6 Å². The number of rotatable bonds is 4. The van der Waals surface area contributed by atoms with Gasteiger partial charge in [-0.3, -0.25) is 4.90 Å². The maximum atomic E-state index is 8.65. The molecule has 4 atom stereocenters. The lowest BCUT2D eigenvalue weighted by molar-refractivity contribution is 0.127. The lowest BCUT2D eigenvalue weighted by Crippen LogP contribution is -2.19. The van der Waals surface area contributed by atoms with E-state index in [0.29, 0.717) is 12.1 Å².